The molecule has 12 heavy (non-hydrogen) atoms. The van der Waals surface area contributed by atoms with Crippen LogP contribution >= 0.6 is 15.9 Å². The van der Waals surface area contributed by atoms with E-state index in [1.165, 1.54) is 6.07 Å². The van der Waals surface area contributed by atoms with Gasteiger partial charge in [0, 0.05) is 10.5 Å². The van der Waals surface area contributed by atoms with Crippen LogP contribution in [0.5, 0.6) is 0 Å². The highest BCUT2D eigenvalue weighted by Crippen LogP contribution is 2.24. The predicted molar refractivity (Wildman–Crippen MR) is 54.2 cm³/mol. The molecule has 1 N–H and O–H groups in total. The molecule has 0 amide bonds. The second-order valence-electron chi connectivity index (χ2n) is 2.15. The second-order valence-corrected chi connectivity index (χ2v) is 3.10. The van der Waals surface area contributed by atoms with Crippen LogP contribution in [0.25, 0.3) is 4.48 Å². The Hall–Kier alpha value is -1.16. The van der Waals surface area contributed by atoms with E-state index in [-0.39, 0.29) is 5.56 Å². The van der Waals surface area contributed by atoms with Gasteiger partial charge in [-0.1, -0.05) is 6.58 Å². The summed E-state index contributed by atoms with van der Waals surface area (Å²) in [5.41, 5.74) is 0.993. The number of aliphatic imine (C=N–C) groups is 1. The molecule has 1 rings (SSSR count). The van der Waals surface area contributed by atoms with E-state index in [0.29, 0.717) is 15.9 Å². The van der Waals surface area contributed by atoms with Crippen molar-refractivity contribution in [2.45, 2.75) is 0 Å². The second kappa shape index (κ2) is 3.49. The summed E-state index contributed by atoms with van der Waals surface area (Å²) in [6.07, 6.45) is 0. The van der Waals surface area contributed by atoms with Crippen LogP contribution in [0.4, 0.5) is 5.69 Å². The van der Waals surface area contributed by atoms with Gasteiger partial charge in [0.05, 0.1) is 11.4 Å². The van der Waals surface area contributed by atoms with Crippen LogP contribution in [0.2, 0.25) is 0 Å². The number of nitrogens with one attached hydrogen (secondary N) is 1. The van der Waals surface area contributed by atoms with E-state index < -0.39 is 0 Å². The Labute approximate surface area is 78.0 Å². The average molecular weight is 227 g/mol. The van der Waals surface area contributed by atoms with Gasteiger partial charge in [-0.3, -0.25) is 9.79 Å². The lowest BCUT2D eigenvalue weighted by Crippen LogP contribution is -2.04. The first-order valence-electron chi connectivity index (χ1n) is 3.20. The third-order valence-electron chi connectivity index (χ3n) is 1.34. The molecule has 4 heteroatoms. The third-order valence-corrected chi connectivity index (χ3v) is 1.74. The number of nitrogens with zero attached hydrogens (tertiary/aromatic N) is 1. The van der Waals surface area contributed by atoms with Gasteiger partial charge in [-0.15, -0.1) is 0 Å². The van der Waals surface area contributed by atoms with Crippen molar-refractivity contribution in [1.29, 1.82) is 0 Å². The van der Waals surface area contributed by atoms with Crippen molar-refractivity contribution in [3.63, 3.8) is 0 Å². The van der Waals surface area contributed by atoms with Crippen LogP contribution in [0.15, 0.2) is 28.5 Å². The van der Waals surface area contributed by atoms with Gasteiger partial charge in [-0.25, -0.2) is 0 Å². The monoisotopic (exact) mass is 226 g/mol. The number of rotatable bonds is 2. The standard InChI is InChI=1S/C8H7BrN2O/c1-5(9)8-6(10-2)3-4-7(12)11-8/h3-4H,1-2H2,(H,11,12). The molecule has 0 fully saturated rings. The molecule has 0 unspecified atom stereocenters. The third kappa shape index (κ3) is 1.71. The Bertz CT molecular complexity index is 381. The van der Waals surface area contributed by atoms with Gasteiger partial charge in [-0.05, 0) is 28.7 Å². The van der Waals surface area contributed by atoms with Gasteiger partial charge in [0.1, 0.15) is 0 Å². The van der Waals surface area contributed by atoms with Gasteiger partial charge < -0.3 is 4.98 Å². The van der Waals surface area contributed by atoms with Crippen LogP contribution in [0, 0.1) is 0 Å². The van der Waals surface area contributed by atoms with Crippen LogP contribution in [0.1, 0.15) is 5.69 Å². The molecule has 0 spiro atoms. The summed E-state index contributed by atoms with van der Waals surface area (Å²) in [5.74, 6) is 0. The summed E-state index contributed by atoms with van der Waals surface area (Å²) >= 11 is 3.16. The van der Waals surface area contributed by atoms with E-state index in [9.17, 15) is 4.79 Å². The van der Waals surface area contributed by atoms with Crippen molar-refractivity contribution >= 4 is 32.8 Å². The SMILES string of the molecule is C=Nc1ccc(=O)[nH]c1C(=C)Br. The zero-order chi connectivity index (χ0) is 9.14. The number of hydrogen-bond acceptors (Lipinski definition) is 2. The number of hydrogen-bond donors (Lipinski definition) is 1. The van der Waals surface area contributed by atoms with Crippen molar-refractivity contribution in [2.75, 3.05) is 0 Å². The van der Waals surface area contributed by atoms with E-state index in [1.54, 1.807) is 6.07 Å². The highest BCUT2D eigenvalue weighted by Gasteiger charge is 2.02. The highest BCUT2D eigenvalue weighted by atomic mass is 79.9. The molecule has 1 aromatic heterocycles. The first-order valence-corrected chi connectivity index (χ1v) is 3.99. The Morgan fingerprint density at radius 2 is 2.25 bits per heavy atom. The zero-order valence-corrected chi connectivity index (χ0v) is 7.89. The summed E-state index contributed by atoms with van der Waals surface area (Å²) in [7, 11) is 0. The molecule has 3 nitrogen and oxygen atoms in total. The molecule has 0 aliphatic heterocycles. The number of aromatic nitrogens is 1. The lowest BCUT2D eigenvalue weighted by Gasteiger charge is -2.00. The van der Waals surface area contributed by atoms with E-state index in [1.807, 2.05) is 0 Å². The summed E-state index contributed by atoms with van der Waals surface area (Å²) in [4.78, 5) is 17.2. The van der Waals surface area contributed by atoms with Crippen molar-refractivity contribution < 1.29 is 0 Å². The minimum Gasteiger partial charge on any atom is -0.320 e. The highest BCUT2D eigenvalue weighted by molar-refractivity contribution is 9.15. The molecule has 1 aromatic rings. The van der Waals surface area contributed by atoms with Gasteiger partial charge in [0.25, 0.3) is 0 Å². The molecule has 0 aromatic carbocycles. The molecule has 0 saturated heterocycles. The van der Waals surface area contributed by atoms with E-state index in [4.69, 9.17) is 0 Å². The van der Waals surface area contributed by atoms with Crippen LogP contribution in [-0.2, 0) is 0 Å². The zero-order valence-electron chi connectivity index (χ0n) is 6.30. The van der Waals surface area contributed by atoms with Crippen molar-refractivity contribution in [3.05, 3.63) is 34.8 Å². The Morgan fingerprint density at radius 1 is 1.58 bits per heavy atom. The maximum Gasteiger partial charge on any atom is 0.248 e. The smallest absolute Gasteiger partial charge is 0.248 e. The molecular formula is C8H7BrN2O. The van der Waals surface area contributed by atoms with Crippen molar-refractivity contribution in [3.8, 4) is 0 Å². The van der Waals surface area contributed by atoms with Crippen LogP contribution < -0.4 is 5.56 Å². The van der Waals surface area contributed by atoms with E-state index >= 15 is 0 Å². The average Bonchev–Trinajstić information content (AvgIpc) is 2.04. The van der Waals surface area contributed by atoms with Gasteiger partial charge in [0.2, 0.25) is 5.56 Å². The molecule has 0 aliphatic carbocycles. The lowest BCUT2D eigenvalue weighted by atomic mass is 10.3. The van der Waals surface area contributed by atoms with Crippen molar-refractivity contribution in [2.24, 2.45) is 4.99 Å². The van der Waals surface area contributed by atoms with Gasteiger partial charge in [0.15, 0.2) is 0 Å². The molecule has 1 heterocycles. The fourth-order valence-electron chi connectivity index (χ4n) is 0.805. The first kappa shape index (κ1) is 8.93. The fraction of sp³-hybridized carbons (Fsp3) is 0. The summed E-state index contributed by atoms with van der Waals surface area (Å²) < 4.78 is 0.586. The Morgan fingerprint density at radius 3 is 2.75 bits per heavy atom. The quantitative estimate of drug-likeness (QED) is 0.772. The van der Waals surface area contributed by atoms with E-state index in [2.05, 4.69) is 39.2 Å². The molecule has 0 saturated carbocycles. The minimum absolute atomic E-state index is 0.182. The van der Waals surface area contributed by atoms with Gasteiger partial charge >= 0.3 is 0 Å². The van der Waals surface area contributed by atoms with Crippen LogP contribution in [0.3, 0.4) is 0 Å². The van der Waals surface area contributed by atoms with E-state index in [0.717, 1.165) is 0 Å². The Balaban J connectivity index is 3.41. The lowest BCUT2D eigenvalue weighted by molar-refractivity contribution is 1.20. The number of aromatic amines is 1. The normalized spacial score (nSPS) is 9.42. The first-order chi connectivity index (χ1) is 5.65. The molecule has 62 valence electrons. The molecule has 0 bridgehead atoms. The number of pyridine rings is 1. The maximum atomic E-state index is 10.9. The maximum absolute atomic E-state index is 10.9. The minimum atomic E-state index is -0.182. The summed E-state index contributed by atoms with van der Waals surface area (Å²) in [5, 5.41) is 0. The topological polar surface area (TPSA) is 45.2 Å². The fourth-order valence-corrected chi connectivity index (χ4v) is 1.11. The predicted octanol–water partition coefficient (Wildman–Crippen LogP) is 2.07. The molecule has 0 radical (unpaired) electrons. The molecule has 0 atom stereocenters. The molecule has 0 aliphatic rings. The number of H-pyrrole nitrogens is 1. The molecular weight excluding hydrogens is 220 g/mol. The van der Waals surface area contributed by atoms with Crippen LogP contribution in [-0.4, -0.2) is 11.7 Å². The Kier molecular flexibility index (Phi) is 2.60. The van der Waals surface area contributed by atoms with Gasteiger partial charge in [-0.2, -0.15) is 0 Å². The summed E-state index contributed by atoms with van der Waals surface area (Å²) in [6.45, 7) is 7.00. The van der Waals surface area contributed by atoms with Crippen molar-refractivity contribution in [1.82, 2.24) is 4.98 Å². The number of halogens is 1. The largest absolute Gasteiger partial charge is 0.320 e. The summed E-state index contributed by atoms with van der Waals surface area (Å²) in [6, 6.07) is 2.98.